The molecule has 1 aromatic rings. The Bertz CT molecular complexity index is 316. The van der Waals surface area contributed by atoms with E-state index in [1.807, 2.05) is 0 Å². The lowest BCUT2D eigenvalue weighted by Gasteiger charge is -1.96. The van der Waals surface area contributed by atoms with E-state index in [0.717, 1.165) is 10.0 Å². The Kier molecular flexibility index (Phi) is 3.16. The van der Waals surface area contributed by atoms with Gasteiger partial charge in [0.25, 0.3) is 0 Å². The minimum absolute atomic E-state index is 0.132. The SMILES string of the molecule is O=[N+]([O-])c1cc(CBr)c(Br)cn1. The zero-order chi connectivity index (χ0) is 9.14. The van der Waals surface area contributed by atoms with E-state index in [2.05, 4.69) is 36.8 Å². The van der Waals surface area contributed by atoms with E-state index in [0.29, 0.717) is 5.33 Å². The molecular formula is C6H4Br2N2O2. The summed E-state index contributed by atoms with van der Waals surface area (Å²) in [5.41, 5.74) is 0.816. The molecule has 0 saturated carbocycles. The summed E-state index contributed by atoms with van der Waals surface area (Å²) in [6.07, 6.45) is 1.43. The fourth-order valence-electron chi connectivity index (χ4n) is 0.670. The van der Waals surface area contributed by atoms with E-state index in [-0.39, 0.29) is 5.82 Å². The smallest absolute Gasteiger partial charge is 0.358 e. The van der Waals surface area contributed by atoms with Crippen LogP contribution in [0, 0.1) is 10.1 Å². The molecule has 1 rings (SSSR count). The van der Waals surface area contributed by atoms with Crippen molar-refractivity contribution >= 4 is 37.7 Å². The van der Waals surface area contributed by atoms with Crippen LogP contribution in [0.25, 0.3) is 0 Å². The molecule has 64 valence electrons. The van der Waals surface area contributed by atoms with Crippen LogP contribution in [-0.2, 0) is 5.33 Å². The Morgan fingerprint density at radius 3 is 2.83 bits per heavy atom. The molecular weight excluding hydrogens is 292 g/mol. The van der Waals surface area contributed by atoms with E-state index in [1.165, 1.54) is 12.3 Å². The van der Waals surface area contributed by atoms with Crippen molar-refractivity contribution < 1.29 is 4.92 Å². The summed E-state index contributed by atoms with van der Waals surface area (Å²) in [4.78, 5) is 13.4. The standard InChI is InChI=1S/C6H4Br2N2O2/c7-2-4-1-6(10(11)12)9-3-5(4)8/h1,3H,2H2. The summed E-state index contributed by atoms with van der Waals surface area (Å²) in [6.45, 7) is 0. The molecule has 0 bridgehead atoms. The Labute approximate surface area is 85.4 Å². The highest BCUT2D eigenvalue weighted by molar-refractivity contribution is 9.10. The van der Waals surface area contributed by atoms with Crippen LogP contribution in [-0.4, -0.2) is 9.91 Å². The summed E-state index contributed by atoms with van der Waals surface area (Å²) < 4.78 is 0.768. The molecule has 0 unspecified atom stereocenters. The van der Waals surface area contributed by atoms with Gasteiger partial charge in [0.05, 0.1) is 4.47 Å². The Morgan fingerprint density at radius 1 is 1.67 bits per heavy atom. The van der Waals surface area contributed by atoms with Gasteiger partial charge in [-0.1, -0.05) is 15.9 Å². The van der Waals surface area contributed by atoms with E-state index in [4.69, 9.17) is 0 Å². The molecule has 0 saturated heterocycles. The van der Waals surface area contributed by atoms with Gasteiger partial charge in [0.2, 0.25) is 0 Å². The highest BCUT2D eigenvalue weighted by Gasteiger charge is 2.10. The van der Waals surface area contributed by atoms with Crippen molar-refractivity contribution in [2.45, 2.75) is 5.33 Å². The molecule has 0 spiro atoms. The van der Waals surface area contributed by atoms with Gasteiger partial charge in [-0.05, 0) is 31.4 Å². The van der Waals surface area contributed by atoms with Crippen LogP contribution in [0.3, 0.4) is 0 Å². The van der Waals surface area contributed by atoms with Crippen molar-refractivity contribution in [1.82, 2.24) is 4.98 Å². The molecule has 0 fully saturated rings. The van der Waals surface area contributed by atoms with Gasteiger partial charge in [0.15, 0.2) is 6.20 Å². The third-order valence-corrected chi connectivity index (χ3v) is 2.57. The molecule has 0 radical (unpaired) electrons. The third kappa shape index (κ3) is 2.01. The Balaban J connectivity index is 3.13. The number of nitrogens with zero attached hydrogens (tertiary/aromatic N) is 2. The van der Waals surface area contributed by atoms with Crippen molar-refractivity contribution in [3.8, 4) is 0 Å². The average molecular weight is 296 g/mol. The molecule has 0 aliphatic rings. The maximum absolute atomic E-state index is 10.3. The van der Waals surface area contributed by atoms with Crippen molar-refractivity contribution in [3.63, 3.8) is 0 Å². The summed E-state index contributed by atoms with van der Waals surface area (Å²) >= 11 is 6.44. The molecule has 0 atom stereocenters. The molecule has 0 aromatic carbocycles. The quantitative estimate of drug-likeness (QED) is 0.479. The number of halogens is 2. The number of pyridine rings is 1. The first kappa shape index (κ1) is 9.60. The molecule has 0 N–H and O–H groups in total. The first-order valence-electron chi connectivity index (χ1n) is 3.00. The summed E-state index contributed by atoms with van der Waals surface area (Å²) in [5.74, 6) is -0.132. The van der Waals surface area contributed by atoms with Crippen LogP contribution >= 0.6 is 31.9 Å². The molecule has 1 heterocycles. The molecule has 4 nitrogen and oxygen atoms in total. The third-order valence-electron chi connectivity index (χ3n) is 1.25. The zero-order valence-corrected chi connectivity index (χ0v) is 9.00. The normalized spacial score (nSPS) is 9.83. The number of hydrogen-bond acceptors (Lipinski definition) is 3. The van der Waals surface area contributed by atoms with Crippen LogP contribution in [0.15, 0.2) is 16.7 Å². The van der Waals surface area contributed by atoms with Gasteiger partial charge in [-0.25, -0.2) is 0 Å². The van der Waals surface area contributed by atoms with Gasteiger partial charge in [-0.15, -0.1) is 0 Å². The molecule has 0 amide bonds. The van der Waals surface area contributed by atoms with Gasteiger partial charge in [0, 0.05) is 11.4 Å². The fourth-order valence-corrected chi connectivity index (χ4v) is 1.87. The van der Waals surface area contributed by atoms with Crippen molar-refractivity contribution in [3.05, 3.63) is 32.4 Å². The second-order valence-corrected chi connectivity index (χ2v) is 3.44. The van der Waals surface area contributed by atoms with Crippen LogP contribution in [0.4, 0.5) is 5.82 Å². The number of nitro groups is 1. The van der Waals surface area contributed by atoms with Crippen molar-refractivity contribution in [2.24, 2.45) is 0 Å². The number of hydrogen-bond donors (Lipinski definition) is 0. The van der Waals surface area contributed by atoms with Crippen molar-refractivity contribution in [2.75, 3.05) is 0 Å². The minimum Gasteiger partial charge on any atom is -0.358 e. The van der Waals surface area contributed by atoms with Gasteiger partial charge >= 0.3 is 5.82 Å². The summed E-state index contributed by atoms with van der Waals surface area (Å²) in [7, 11) is 0. The predicted molar refractivity (Wildman–Crippen MR) is 51.2 cm³/mol. The molecule has 12 heavy (non-hydrogen) atoms. The summed E-state index contributed by atoms with van der Waals surface area (Å²) in [6, 6.07) is 1.43. The van der Waals surface area contributed by atoms with E-state index >= 15 is 0 Å². The fraction of sp³-hybridized carbons (Fsp3) is 0.167. The lowest BCUT2D eigenvalue weighted by molar-refractivity contribution is -0.389. The van der Waals surface area contributed by atoms with Gasteiger partial charge in [-0.3, -0.25) is 0 Å². The number of alkyl halides is 1. The highest BCUT2D eigenvalue weighted by Crippen LogP contribution is 2.21. The molecule has 0 aliphatic carbocycles. The highest BCUT2D eigenvalue weighted by atomic mass is 79.9. The Hall–Kier alpha value is -0.490. The van der Waals surface area contributed by atoms with Crippen LogP contribution in [0.2, 0.25) is 0 Å². The monoisotopic (exact) mass is 294 g/mol. The second kappa shape index (κ2) is 3.95. The van der Waals surface area contributed by atoms with E-state index < -0.39 is 4.92 Å². The van der Waals surface area contributed by atoms with Gasteiger partial charge in [0.1, 0.15) is 0 Å². The molecule has 1 aromatic heterocycles. The maximum Gasteiger partial charge on any atom is 0.363 e. The first-order chi connectivity index (χ1) is 5.65. The van der Waals surface area contributed by atoms with Crippen LogP contribution in [0.5, 0.6) is 0 Å². The summed E-state index contributed by atoms with van der Waals surface area (Å²) in [5, 5.41) is 10.9. The number of aromatic nitrogens is 1. The minimum atomic E-state index is -0.515. The topological polar surface area (TPSA) is 56.0 Å². The van der Waals surface area contributed by atoms with Crippen molar-refractivity contribution in [1.29, 1.82) is 0 Å². The second-order valence-electron chi connectivity index (χ2n) is 2.02. The lowest BCUT2D eigenvalue weighted by Crippen LogP contribution is -1.93. The number of rotatable bonds is 2. The molecule has 6 heteroatoms. The lowest BCUT2D eigenvalue weighted by atomic mass is 10.3. The van der Waals surface area contributed by atoms with Gasteiger partial charge < -0.3 is 10.1 Å². The van der Waals surface area contributed by atoms with Gasteiger partial charge in [-0.2, -0.15) is 0 Å². The Morgan fingerprint density at radius 2 is 2.33 bits per heavy atom. The van der Waals surface area contributed by atoms with Crippen LogP contribution in [0.1, 0.15) is 5.56 Å². The molecule has 0 aliphatic heterocycles. The first-order valence-corrected chi connectivity index (χ1v) is 4.91. The van der Waals surface area contributed by atoms with Crippen LogP contribution < -0.4 is 0 Å². The van der Waals surface area contributed by atoms with E-state index in [9.17, 15) is 10.1 Å². The largest absolute Gasteiger partial charge is 0.363 e. The predicted octanol–water partition coefficient (Wildman–Crippen LogP) is 2.65. The zero-order valence-electron chi connectivity index (χ0n) is 5.83. The van der Waals surface area contributed by atoms with E-state index in [1.54, 1.807) is 0 Å². The average Bonchev–Trinajstić information content (AvgIpc) is 2.05. The maximum atomic E-state index is 10.3.